The van der Waals surface area contributed by atoms with Gasteiger partial charge in [-0.15, -0.1) is 0 Å². The quantitative estimate of drug-likeness (QED) is 0.410. The average molecular weight is 406 g/mol. The van der Waals surface area contributed by atoms with Gasteiger partial charge < -0.3 is 24.6 Å². The molecule has 0 spiro atoms. The smallest absolute Gasteiger partial charge is 0.293 e. The third kappa shape index (κ3) is 5.01. The molecule has 10 heteroatoms. The Hall–Kier alpha value is -2.72. The Morgan fingerprint density at radius 3 is 2.62 bits per heavy atom. The maximum Gasteiger partial charge on any atom is 0.293 e. The molecule has 2 fully saturated rings. The number of anilines is 1. The molecule has 1 N–H and O–H groups in total. The summed E-state index contributed by atoms with van der Waals surface area (Å²) in [6, 6.07) is 4.41. The summed E-state index contributed by atoms with van der Waals surface area (Å²) >= 11 is 0. The van der Waals surface area contributed by atoms with Crippen LogP contribution in [0.3, 0.4) is 0 Å². The lowest BCUT2D eigenvalue weighted by atomic mass is 10.1. The van der Waals surface area contributed by atoms with E-state index in [9.17, 15) is 19.7 Å². The normalized spacial score (nSPS) is 19.3. The van der Waals surface area contributed by atoms with E-state index in [1.165, 1.54) is 12.1 Å². The summed E-state index contributed by atoms with van der Waals surface area (Å²) in [6.07, 6.45) is 1.27. The number of carbonyl (C=O) groups excluding carboxylic acids is 2. The maximum atomic E-state index is 12.8. The van der Waals surface area contributed by atoms with Crippen molar-refractivity contribution in [2.24, 2.45) is 0 Å². The van der Waals surface area contributed by atoms with Gasteiger partial charge in [0.2, 0.25) is 0 Å². The molecule has 2 heterocycles. The van der Waals surface area contributed by atoms with Gasteiger partial charge in [0, 0.05) is 58.1 Å². The molecule has 158 valence electrons. The topological polar surface area (TPSA) is 114 Å². The van der Waals surface area contributed by atoms with Crippen LogP contribution >= 0.6 is 0 Å². The van der Waals surface area contributed by atoms with Crippen LogP contribution in [0.4, 0.5) is 11.4 Å². The van der Waals surface area contributed by atoms with Gasteiger partial charge in [0.05, 0.1) is 11.5 Å². The molecule has 2 aliphatic rings. The summed E-state index contributed by atoms with van der Waals surface area (Å²) < 4.78 is 10.4. The minimum absolute atomic E-state index is 0.0169. The number of carbonyl (C=O) groups is 2. The highest BCUT2D eigenvalue weighted by Gasteiger charge is 2.32. The van der Waals surface area contributed by atoms with Gasteiger partial charge in [-0.3, -0.25) is 19.7 Å². The first-order chi connectivity index (χ1) is 14.0. The molecule has 2 amide bonds. The van der Waals surface area contributed by atoms with Crippen LogP contribution in [-0.4, -0.2) is 85.7 Å². The van der Waals surface area contributed by atoms with Crippen LogP contribution in [-0.2, 0) is 14.3 Å². The molecular formula is C19H26N4O6. The summed E-state index contributed by atoms with van der Waals surface area (Å²) in [7, 11) is 1.55. The minimum Gasteiger partial charge on any atom is -0.383 e. The molecule has 29 heavy (non-hydrogen) atoms. The van der Waals surface area contributed by atoms with E-state index in [1.807, 2.05) is 0 Å². The fourth-order valence-electron chi connectivity index (χ4n) is 3.54. The van der Waals surface area contributed by atoms with E-state index < -0.39 is 4.92 Å². The number of nitrogens with zero attached hydrogens (tertiary/aromatic N) is 3. The lowest BCUT2D eigenvalue weighted by Crippen LogP contribution is -2.52. The van der Waals surface area contributed by atoms with E-state index in [4.69, 9.17) is 9.47 Å². The number of methoxy groups -OCH3 is 1. The molecule has 10 nitrogen and oxygen atoms in total. The van der Waals surface area contributed by atoms with Crippen molar-refractivity contribution in [3.63, 3.8) is 0 Å². The second kappa shape index (κ2) is 9.66. The van der Waals surface area contributed by atoms with E-state index in [0.29, 0.717) is 51.6 Å². The first-order valence-electron chi connectivity index (χ1n) is 9.72. The Morgan fingerprint density at radius 2 is 2.00 bits per heavy atom. The third-order valence-electron chi connectivity index (χ3n) is 5.15. The number of benzene rings is 1. The van der Waals surface area contributed by atoms with Crippen molar-refractivity contribution in [2.75, 3.05) is 58.4 Å². The number of amides is 2. The van der Waals surface area contributed by atoms with Gasteiger partial charge in [-0.25, -0.2) is 0 Å². The Kier molecular flexibility index (Phi) is 6.99. The molecule has 1 atom stereocenters. The molecule has 0 aliphatic carbocycles. The van der Waals surface area contributed by atoms with Crippen LogP contribution < -0.4 is 5.32 Å². The number of nitrogens with one attached hydrogen (secondary N) is 1. The number of nitro groups is 1. The van der Waals surface area contributed by atoms with Gasteiger partial charge >= 0.3 is 0 Å². The molecule has 0 saturated carbocycles. The third-order valence-corrected chi connectivity index (χ3v) is 5.15. The van der Waals surface area contributed by atoms with E-state index in [1.54, 1.807) is 23.0 Å². The molecule has 0 aromatic heterocycles. The molecule has 1 aromatic rings. The summed E-state index contributed by atoms with van der Waals surface area (Å²) in [5, 5.41) is 14.3. The zero-order chi connectivity index (χ0) is 20.8. The molecule has 2 saturated heterocycles. The first-order valence-corrected chi connectivity index (χ1v) is 9.72. The summed E-state index contributed by atoms with van der Waals surface area (Å²) in [4.78, 5) is 39.5. The average Bonchev–Trinajstić information content (AvgIpc) is 3.28. The first kappa shape index (κ1) is 21.0. The summed E-state index contributed by atoms with van der Waals surface area (Å²) in [5.74, 6) is -0.294. The zero-order valence-electron chi connectivity index (χ0n) is 16.5. The van der Waals surface area contributed by atoms with E-state index >= 15 is 0 Å². The van der Waals surface area contributed by atoms with Crippen molar-refractivity contribution in [3.8, 4) is 0 Å². The fourth-order valence-corrected chi connectivity index (χ4v) is 3.54. The van der Waals surface area contributed by atoms with Crippen molar-refractivity contribution in [2.45, 2.75) is 18.9 Å². The predicted molar refractivity (Wildman–Crippen MR) is 105 cm³/mol. The monoisotopic (exact) mass is 406 g/mol. The number of hydrogen-bond donors (Lipinski definition) is 1. The highest BCUT2D eigenvalue weighted by Crippen LogP contribution is 2.26. The molecule has 2 aliphatic heterocycles. The number of nitro benzene ring substituents is 1. The standard InChI is InChI=1S/C19H26N4O6/c1-28-12-6-20-15-5-4-14(13-16(15)23(26)27)18(24)21-7-9-22(10-8-21)19(25)17-3-2-11-29-17/h4-5,13,17,20H,2-3,6-12H2,1H3. The number of hydrogen-bond acceptors (Lipinski definition) is 7. The highest BCUT2D eigenvalue weighted by atomic mass is 16.6. The van der Waals surface area contributed by atoms with Gasteiger partial charge in [-0.05, 0) is 25.0 Å². The van der Waals surface area contributed by atoms with Crippen LogP contribution in [0.5, 0.6) is 0 Å². The van der Waals surface area contributed by atoms with Crippen LogP contribution in [0, 0.1) is 10.1 Å². The lowest BCUT2D eigenvalue weighted by Gasteiger charge is -2.35. The van der Waals surface area contributed by atoms with Crippen molar-refractivity contribution >= 4 is 23.2 Å². The van der Waals surface area contributed by atoms with Gasteiger partial charge in [-0.1, -0.05) is 0 Å². The van der Waals surface area contributed by atoms with Crippen LogP contribution in [0.15, 0.2) is 18.2 Å². The van der Waals surface area contributed by atoms with E-state index in [2.05, 4.69) is 5.32 Å². The van der Waals surface area contributed by atoms with E-state index in [0.717, 1.165) is 12.8 Å². The highest BCUT2D eigenvalue weighted by molar-refractivity contribution is 5.96. The summed E-state index contributed by atoms with van der Waals surface area (Å²) in [6.45, 7) is 3.09. The minimum atomic E-state index is -0.510. The van der Waals surface area contributed by atoms with Crippen molar-refractivity contribution in [3.05, 3.63) is 33.9 Å². The van der Waals surface area contributed by atoms with Crippen LogP contribution in [0.2, 0.25) is 0 Å². The molecular weight excluding hydrogens is 380 g/mol. The van der Waals surface area contributed by atoms with Gasteiger partial charge in [0.25, 0.3) is 17.5 Å². The SMILES string of the molecule is COCCNc1ccc(C(=O)N2CCN(C(=O)C3CCCO3)CC2)cc1[N+](=O)[O-]. The maximum absolute atomic E-state index is 12.8. The van der Waals surface area contributed by atoms with Gasteiger partial charge in [0.1, 0.15) is 11.8 Å². The van der Waals surface area contributed by atoms with Gasteiger partial charge in [-0.2, -0.15) is 0 Å². The molecule has 3 rings (SSSR count). The molecule has 0 bridgehead atoms. The predicted octanol–water partition coefficient (Wildman–Crippen LogP) is 1.12. The van der Waals surface area contributed by atoms with Crippen LogP contribution in [0.1, 0.15) is 23.2 Å². The lowest BCUT2D eigenvalue weighted by molar-refractivity contribution is -0.384. The van der Waals surface area contributed by atoms with Crippen molar-refractivity contribution < 1.29 is 24.0 Å². The second-order valence-corrected chi connectivity index (χ2v) is 7.03. The number of piperazine rings is 1. The van der Waals surface area contributed by atoms with Crippen molar-refractivity contribution in [1.82, 2.24) is 9.80 Å². The molecule has 1 aromatic carbocycles. The van der Waals surface area contributed by atoms with Crippen LogP contribution in [0.25, 0.3) is 0 Å². The summed E-state index contributed by atoms with van der Waals surface area (Å²) in [5.41, 5.74) is 0.447. The zero-order valence-corrected chi connectivity index (χ0v) is 16.5. The Balaban J connectivity index is 1.62. The molecule has 0 radical (unpaired) electrons. The van der Waals surface area contributed by atoms with Gasteiger partial charge in [0.15, 0.2) is 0 Å². The number of ether oxygens (including phenoxy) is 2. The largest absolute Gasteiger partial charge is 0.383 e. The Bertz CT molecular complexity index is 757. The van der Waals surface area contributed by atoms with Crippen molar-refractivity contribution in [1.29, 1.82) is 0 Å². The second-order valence-electron chi connectivity index (χ2n) is 7.03. The van der Waals surface area contributed by atoms with E-state index in [-0.39, 0.29) is 29.2 Å². The fraction of sp³-hybridized carbons (Fsp3) is 0.579. The Labute approximate surface area is 168 Å². The number of rotatable bonds is 7. The Morgan fingerprint density at radius 1 is 1.28 bits per heavy atom. The molecule has 1 unspecified atom stereocenters.